The van der Waals surface area contributed by atoms with Crippen molar-refractivity contribution in [1.82, 2.24) is 0 Å². The van der Waals surface area contributed by atoms with Crippen molar-refractivity contribution in [3.8, 4) is 16.2 Å². The van der Waals surface area contributed by atoms with Gasteiger partial charge in [0, 0.05) is 16.9 Å². The number of fused-ring (bicyclic) bond motifs is 1. The van der Waals surface area contributed by atoms with E-state index < -0.39 is 0 Å². The number of Topliss-reactive ketones (excluding diaryl/α,β-unsaturated/α-hetero) is 1. The summed E-state index contributed by atoms with van der Waals surface area (Å²) in [7, 11) is 0. The summed E-state index contributed by atoms with van der Waals surface area (Å²) in [5, 5.41) is 0.666. The molecule has 1 aliphatic rings. The molecule has 1 aromatic carbocycles. The summed E-state index contributed by atoms with van der Waals surface area (Å²) in [4.78, 5) is 13.3. The highest BCUT2D eigenvalue weighted by Crippen LogP contribution is 2.41. The molecule has 0 N–H and O–H groups in total. The lowest BCUT2D eigenvalue weighted by molar-refractivity contribution is 0.102. The van der Waals surface area contributed by atoms with Crippen molar-refractivity contribution in [3.05, 3.63) is 39.7 Å². The number of thiophene rings is 1. The van der Waals surface area contributed by atoms with E-state index in [1.807, 2.05) is 18.2 Å². The van der Waals surface area contributed by atoms with Gasteiger partial charge in [-0.1, -0.05) is 24.9 Å². The van der Waals surface area contributed by atoms with E-state index in [1.165, 1.54) is 16.9 Å². The highest BCUT2D eigenvalue weighted by molar-refractivity contribution is 7.17. The molecule has 21 heavy (non-hydrogen) atoms. The number of benzene rings is 1. The lowest BCUT2D eigenvalue weighted by Crippen LogP contribution is -2.11. The Bertz CT molecular complexity index is 690. The van der Waals surface area contributed by atoms with Crippen molar-refractivity contribution in [2.75, 3.05) is 0 Å². The highest BCUT2D eigenvalue weighted by Gasteiger charge is 2.25. The normalized spacial score (nSPS) is 16.6. The van der Waals surface area contributed by atoms with Crippen LogP contribution in [0.3, 0.4) is 0 Å². The smallest absolute Gasteiger partial charge is 0.169 e. The minimum atomic E-state index is 0.102. The molecule has 0 radical (unpaired) electrons. The molecule has 0 spiro atoms. The molecule has 2 aromatic rings. The molecule has 0 bridgehead atoms. The molecule has 0 fully saturated rings. The first-order valence-electron chi connectivity index (χ1n) is 7.18. The average molecular weight is 321 g/mol. The Morgan fingerprint density at radius 1 is 1.43 bits per heavy atom. The third-order valence-corrected chi connectivity index (χ3v) is 5.22. The first kappa shape index (κ1) is 14.6. The second kappa shape index (κ2) is 5.82. The van der Waals surface area contributed by atoms with Gasteiger partial charge in [-0.2, -0.15) is 0 Å². The van der Waals surface area contributed by atoms with Crippen molar-refractivity contribution in [1.29, 1.82) is 0 Å². The molecule has 2 nitrogen and oxygen atoms in total. The Morgan fingerprint density at radius 3 is 2.90 bits per heavy atom. The van der Waals surface area contributed by atoms with E-state index in [0.29, 0.717) is 5.02 Å². The minimum absolute atomic E-state index is 0.102. The van der Waals surface area contributed by atoms with Crippen molar-refractivity contribution < 1.29 is 9.53 Å². The summed E-state index contributed by atoms with van der Waals surface area (Å²) in [6.07, 6.45) is 3.32. The molecule has 0 amide bonds. The second-order valence-corrected chi connectivity index (χ2v) is 6.89. The van der Waals surface area contributed by atoms with E-state index in [2.05, 4.69) is 13.0 Å². The number of rotatable bonds is 4. The van der Waals surface area contributed by atoms with Gasteiger partial charge >= 0.3 is 0 Å². The van der Waals surface area contributed by atoms with Gasteiger partial charge in [-0.25, -0.2) is 0 Å². The van der Waals surface area contributed by atoms with Gasteiger partial charge in [0.15, 0.2) is 5.78 Å². The van der Waals surface area contributed by atoms with Gasteiger partial charge in [-0.05, 0) is 43.2 Å². The van der Waals surface area contributed by atoms with Crippen molar-refractivity contribution in [2.45, 2.75) is 39.2 Å². The van der Waals surface area contributed by atoms with Crippen LogP contribution in [0.2, 0.25) is 5.02 Å². The molecule has 4 heteroatoms. The SMILES string of the molecule is CCCC1Cc2cc(-c3ccc(C(C)=O)s3)cc(Cl)c2O1. The van der Waals surface area contributed by atoms with Gasteiger partial charge in [-0.3, -0.25) is 4.79 Å². The Hall–Kier alpha value is -1.32. The molecule has 110 valence electrons. The van der Waals surface area contributed by atoms with Crippen LogP contribution in [0, 0.1) is 0 Å². The summed E-state index contributed by atoms with van der Waals surface area (Å²) in [6.45, 7) is 3.75. The monoisotopic (exact) mass is 320 g/mol. The number of ketones is 1. The molecular weight excluding hydrogens is 304 g/mol. The zero-order valence-corrected chi connectivity index (χ0v) is 13.7. The number of hydrogen-bond donors (Lipinski definition) is 0. The van der Waals surface area contributed by atoms with E-state index in [-0.39, 0.29) is 11.9 Å². The van der Waals surface area contributed by atoms with Crippen LogP contribution in [0.25, 0.3) is 10.4 Å². The maximum atomic E-state index is 11.4. The Balaban J connectivity index is 1.94. The minimum Gasteiger partial charge on any atom is -0.488 e. The van der Waals surface area contributed by atoms with Gasteiger partial charge in [0.25, 0.3) is 0 Å². The number of carbonyl (C=O) groups is 1. The average Bonchev–Trinajstić information content (AvgIpc) is 3.05. The second-order valence-electron chi connectivity index (χ2n) is 5.40. The predicted octanol–water partition coefficient (Wildman–Crippen LogP) is 5.37. The molecule has 0 saturated heterocycles. The van der Waals surface area contributed by atoms with Gasteiger partial charge in [-0.15, -0.1) is 11.3 Å². The molecule has 0 aliphatic carbocycles. The van der Waals surface area contributed by atoms with E-state index in [4.69, 9.17) is 16.3 Å². The van der Waals surface area contributed by atoms with Crippen molar-refractivity contribution in [2.24, 2.45) is 0 Å². The van der Waals surface area contributed by atoms with Gasteiger partial charge in [0.2, 0.25) is 0 Å². The first-order chi connectivity index (χ1) is 10.1. The van der Waals surface area contributed by atoms with Crippen molar-refractivity contribution >= 4 is 28.7 Å². The van der Waals surface area contributed by atoms with Crippen LogP contribution in [0.15, 0.2) is 24.3 Å². The number of hydrogen-bond acceptors (Lipinski definition) is 3. The number of carbonyl (C=O) groups excluding carboxylic acids is 1. The lowest BCUT2D eigenvalue weighted by atomic mass is 10.0. The molecule has 1 aromatic heterocycles. The Labute approximate surface area is 133 Å². The van der Waals surface area contributed by atoms with E-state index in [9.17, 15) is 4.79 Å². The van der Waals surface area contributed by atoms with Crippen LogP contribution in [0.1, 0.15) is 41.9 Å². The van der Waals surface area contributed by atoms with Crippen LogP contribution in [0.5, 0.6) is 5.75 Å². The summed E-state index contributed by atoms with van der Waals surface area (Å²) in [6, 6.07) is 7.94. The summed E-state index contributed by atoms with van der Waals surface area (Å²) in [5.41, 5.74) is 2.24. The number of halogens is 1. The third-order valence-electron chi connectivity index (χ3n) is 3.70. The summed E-state index contributed by atoms with van der Waals surface area (Å²) < 4.78 is 5.93. The molecule has 2 heterocycles. The van der Waals surface area contributed by atoms with Crippen molar-refractivity contribution in [3.63, 3.8) is 0 Å². The third kappa shape index (κ3) is 2.85. The zero-order chi connectivity index (χ0) is 15.0. The van der Waals surface area contributed by atoms with E-state index in [0.717, 1.165) is 40.3 Å². The van der Waals surface area contributed by atoms with E-state index in [1.54, 1.807) is 6.92 Å². The molecule has 0 saturated carbocycles. The zero-order valence-electron chi connectivity index (χ0n) is 12.1. The molecule has 1 unspecified atom stereocenters. The lowest BCUT2D eigenvalue weighted by Gasteiger charge is -2.09. The quantitative estimate of drug-likeness (QED) is 0.707. The summed E-state index contributed by atoms with van der Waals surface area (Å²) >= 11 is 7.88. The van der Waals surface area contributed by atoms with Gasteiger partial charge < -0.3 is 4.74 Å². The standard InChI is InChI=1S/C17H17ClO2S/c1-3-4-13-8-12-7-11(9-14(18)17(12)20-13)16-6-5-15(21-16)10(2)19/h5-7,9,13H,3-4,8H2,1-2H3. The first-order valence-corrected chi connectivity index (χ1v) is 8.38. The van der Waals surface area contributed by atoms with Gasteiger partial charge in [0.05, 0.1) is 9.90 Å². The van der Waals surface area contributed by atoms with E-state index >= 15 is 0 Å². The van der Waals surface area contributed by atoms with Crippen LogP contribution in [-0.2, 0) is 6.42 Å². The predicted molar refractivity (Wildman–Crippen MR) is 87.8 cm³/mol. The van der Waals surface area contributed by atoms with Crippen LogP contribution >= 0.6 is 22.9 Å². The Morgan fingerprint density at radius 2 is 2.24 bits per heavy atom. The van der Waals surface area contributed by atoms with Gasteiger partial charge in [0.1, 0.15) is 11.9 Å². The fourth-order valence-electron chi connectivity index (χ4n) is 2.70. The summed E-state index contributed by atoms with van der Waals surface area (Å²) in [5.74, 6) is 0.937. The van der Waals surface area contributed by atoms with Crippen LogP contribution in [-0.4, -0.2) is 11.9 Å². The fraction of sp³-hybridized carbons (Fsp3) is 0.353. The van der Waals surface area contributed by atoms with Crippen LogP contribution in [0.4, 0.5) is 0 Å². The Kier molecular flexibility index (Phi) is 4.05. The maximum Gasteiger partial charge on any atom is 0.169 e. The topological polar surface area (TPSA) is 26.3 Å². The number of ether oxygens (including phenoxy) is 1. The largest absolute Gasteiger partial charge is 0.488 e. The molecular formula is C17H17ClO2S. The molecule has 3 rings (SSSR count). The molecule has 1 aliphatic heterocycles. The maximum absolute atomic E-state index is 11.4. The molecule has 1 atom stereocenters. The van der Waals surface area contributed by atoms with Crippen LogP contribution < -0.4 is 4.74 Å². The highest BCUT2D eigenvalue weighted by atomic mass is 35.5. The fourth-order valence-corrected chi connectivity index (χ4v) is 3.87.